The van der Waals surface area contributed by atoms with Crippen molar-refractivity contribution in [2.24, 2.45) is 10.9 Å². The molecule has 0 spiro atoms. The summed E-state index contributed by atoms with van der Waals surface area (Å²) in [6.45, 7) is 7.57. The van der Waals surface area contributed by atoms with Gasteiger partial charge in [0.25, 0.3) is 0 Å². The van der Waals surface area contributed by atoms with Gasteiger partial charge in [-0.25, -0.2) is 9.98 Å². The normalized spacial score (nSPS) is 20.9. The Hall–Kier alpha value is -1.80. The monoisotopic (exact) mass is 413 g/mol. The lowest BCUT2D eigenvalue weighted by molar-refractivity contribution is 0.0688. The van der Waals surface area contributed by atoms with E-state index in [9.17, 15) is 0 Å². The molecule has 6 nitrogen and oxygen atoms in total. The Labute approximate surface area is 177 Å². The maximum Gasteiger partial charge on any atom is 0.122 e. The van der Waals surface area contributed by atoms with Gasteiger partial charge in [0.2, 0.25) is 0 Å². The zero-order valence-electron chi connectivity index (χ0n) is 17.6. The molecule has 2 aromatic rings. The molecule has 156 valence electrons. The first-order valence-electron chi connectivity index (χ1n) is 10.5. The highest BCUT2D eigenvalue weighted by Gasteiger charge is 2.26. The Kier molecular flexibility index (Phi) is 6.60. The second kappa shape index (κ2) is 9.34. The Balaban J connectivity index is 1.44. The lowest BCUT2D eigenvalue weighted by Gasteiger charge is -2.39. The van der Waals surface area contributed by atoms with Gasteiger partial charge >= 0.3 is 0 Å². The fraction of sp³-hybridized carbons (Fsp3) is 0.545. The van der Waals surface area contributed by atoms with E-state index >= 15 is 0 Å². The molecule has 1 aromatic carbocycles. The number of nitrogens with one attached hydrogen (secondary N) is 1. The molecule has 0 amide bonds. The second-order valence-corrected chi connectivity index (χ2v) is 8.93. The summed E-state index contributed by atoms with van der Waals surface area (Å²) in [5.41, 5.74) is 6.08. The fourth-order valence-electron chi connectivity index (χ4n) is 4.13. The predicted molar refractivity (Wildman–Crippen MR) is 121 cm³/mol. The molecule has 7 heteroatoms. The third-order valence-corrected chi connectivity index (χ3v) is 6.81. The van der Waals surface area contributed by atoms with Gasteiger partial charge in [-0.15, -0.1) is 11.3 Å². The average Bonchev–Trinajstić information content (AvgIpc) is 3.12. The molecule has 4 rings (SSSR count). The largest absolute Gasteiger partial charge is 0.385 e. The highest BCUT2D eigenvalue weighted by atomic mass is 32.1. The number of piperazine rings is 1. The van der Waals surface area contributed by atoms with Crippen molar-refractivity contribution in [3.63, 3.8) is 0 Å². The van der Waals surface area contributed by atoms with Crippen LogP contribution in [0.4, 0.5) is 16.4 Å². The van der Waals surface area contributed by atoms with E-state index in [1.54, 1.807) is 18.4 Å². The van der Waals surface area contributed by atoms with Crippen molar-refractivity contribution in [2.75, 3.05) is 52.3 Å². The highest BCUT2D eigenvalue weighted by Crippen LogP contribution is 2.37. The van der Waals surface area contributed by atoms with E-state index in [1.807, 2.05) is 17.6 Å². The van der Waals surface area contributed by atoms with Gasteiger partial charge in [-0.05, 0) is 38.6 Å². The molecule has 1 fully saturated rings. The summed E-state index contributed by atoms with van der Waals surface area (Å²) in [6.07, 6.45) is 2.18. The summed E-state index contributed by atoms with van der Waals surface area (Å²) in [7, 11) is 4.02. The van der Waals surface area contributed by atoms with Crippen LogP contribution in [0.2, 0.25) is 0 Å². The topological polar surface area (TPSA) is 53.0 Å². The van der Waals surface area contributed by atoms with E-state index in [2.05, 4.69) is 46.2 Å². The Morgan fingerprint density at radius 3 is 3.03 bits per heavy atom. The van der Waals surface area contributed by atoms with Crippen molar-refractivity contribution in [3.8, 4) is 0 Å². The minimum absolute atomic E-state index is 0.348. The first-order chi connectivity index (χ1) is 14.2. The molecule has 2 atom stereocenters. The third kappa shape index (κ3) is 4.69. The number of rotatable bonds is 7. The number of ether oxygens (including phenoxy) is 1. The molecular formula is C22H31N5OS. The van der Waals surface area contributed by atoms with E-state index in [0.29, 0.717) is 12.0 Å². The number of para-hydroxylation sites is 2. The summed E-state index contributed by atoms with van der Waals surface area (Å²) in [5.74, 6) is 0.348. The van der Waals surface area contributed by atoms with Crippen LogP contribution in [-0.4, -0.2) is 73.5 Å². The number of methoxy groups -OCH3 is 1. The van der Waals surface area contributed by atoms with Crippen LogP contribution in [0.25, 0.3) is 0 Å². The molecule has 2 aliphatic rings. The SMILES string of the molecule is COCCC1CN(CCC(C)C2=Nc3ccccc3Nc3scnc32)CCN1C. The number of thiazole rings is 1. The van der Waals surface area contributed by atoms with Gasteiger partial charge < -0.3 is 19.9 Å². The second-order valence-electron chi connectivity index (χ2n) is 8.08. The number of fused-ring (bicyclic) bond motifs is 2. The average molecular weight is 414 g/mol. The molecule has 1 N–H and O–H groups in total. The molecule has 3 heterocycles. The smallest absolute Gasteiger partial charge is 0.122 e. The van der Waals surface area contributed by atoms with Gasteiger partial charge in [0.05, 0.1) is 22.6 Å². The van der Waals surface area contributed by atoms with Gasteiger partial charge in [-0.2, -0.15) is 0 Å². The van der Waals surface area contributed by atoms with E-state index in [0.717, 1.165) is 73.4 Å². The van der Waals surface area contributed by atoms with Crippen LogP contribution < -0.4 is 5.32 Å². The van der Waals surface area contributed by atoms with Crippen LogP contribution in [0.3, 0.4) is 0 Å². The van der Waals surface area contributed by atoms with Crippen molar-refractivity contribution in [2.45, 2.75) is 25.8 Å². The summed E-state index contributed by atoms with van der Waals surface area (Å²) >= 11 is 1.65. The number of likely N-dealkylation sites (N-methyl/N-ethyl adjacent to an activating group) is 1. The number of benzene rings is 1. The number of aromatic nitrogens is 1. The number of hydrogen-bond acceptors (Lipinski definition) is 7. The zero-order valence-corrected chi connectivity index (χ0v) is 18.4. The molecule has 2 unspecified atom stereocenters. The molecular weight excluding hydrogens is 382 g/mol. The van der Waals surface area contributed by atoms with E-state index < -0.39 is 0 Å². The first-order valence-corrected chi connectivity index (χ1v) is 11.3. The molecule has 29 heavy (non-hydrogen) atoms. The fourth-order valence-corrected chi connectivity index (χ4v) is 4.84. The van der Waals surface area contributed by atoms with Crippen LogP contribution in [-0.2, 0) is 4.74 Å². The summed E-state index contributed by atoms with van der Waals surface area (Å²) in [4.78, 5) is 14.8. The van der Waals surface area contributed by atoms with Crippen LogP contribution in [0.15, 0.2) is 34.8 Å². The number of nitrogens with zero attached hydrogens (tertiary/aromatic N) is 4. The Morgan fingerprint density at radius 1 is 1.31 bits per heavy atom. The summed E-state index contributed by atoms with van der Waals surface area (Å²) < 4.78 is 5.30. The number of aliphatic imine (C=N–C) groups is 1. The van der Waals surface area contributed by atoms with Crippen molar-refractivity contribution in [3.05, 3.63) is 35.5 Å². The van der Waals surface area contributed by atoms with Crippen LogP contribution in [0, 0.1) is 5.92 Å². The predicted octanol–water partition coefficient (Wildman–Crippen LogP) is 4.00. The van der Waals surface area contributed by atoms with Crippen molar-refractivity contribution >= 4 is 33.4 Å². The van der Waals surface area contributed by atoms with Crippen molar-refractivity contribution < 1.29 is 4.74 Å². The molecule has 1 saturated heterocycles. The lowest BCUT2D eigenvalue weighted by Crippen LogP contribution is -2.52. The van der Waals surface area contributed by atoms with Gasteiger partial charge in [0.15, 0.2) is 0 Å². The maximum atomic E-state index is 5.30. The van der Waals surface area contributed by atoms with Crippen LogP contribution in [0.5, 0.6) is 0 Å². The van der Waals surface area contributed by atoms with E-state index in [-0.39, 0.29) is 0 Å². The van der Waals surface area contributed by atoms with E-state index in [1.165, 1.54) is 0 Å². The summed E-state index contributed by atoms with van der Waals surface area (Å²) in [6, 6.07) is 8.83. The van der Waals surface area contributed by atoms with Crippen molar-refractivity contribution in [1.82, 2.24) is 14.8 Å². The highest BCUT2D eigenvalue weighted by molar-refractivity contribution is 7.14. The zero-order chi connectivity index (χ0) is 20.2. The lowest BCUT2D eigenvalue weighted by atomic mass is 9.98. The minimum atomic E-state index is 0.348. The standard InChI is InChI=1S/C22H31N5OS/c1-16(8-10-27-12-11-26(2)17(14-27)9-13-28-3)20-21-22(29-15-23-21)25-19-7-5-4-6-18(19)24-20/h4-7,15-17,25H,8-14H2,1-3H3. The molecule has 0 bridgehead atoms. The van der Waals surface area contributed by atoms with Crippen LogP contribution in [0.1, 0.15) is 25.5 Å². The molecule has 0 radical (unpaired) electrons. The number of anilines is 2. The molecule has 1 aromatic heterocycles. The maximum absolute atomic E-state index is 5.30. The minimum Gasteiger partial charge on any atom is -0.385 e. The third-order valence-electron chi connectivity index (χ3n) is 6.06. The van der Waals surface area contributed by atoms with Gasteiger partial charge in [-0.3, -0.25) is 0 Å². The number of hydrogen-bond donors (Lipinski definition) is 1. The molecule has 0 saturated carbocycles. The quantitative estimate of drug-likeness (QED) is 0.744. The molecule has 2 aliphatic heterocycles. The summed E-state index contributed by atoms with van der Waals surface area (Å²) in [5, 5.41) is 4.61. The first kappa shape index (κ1) is 20.5. The Bertz CT molecular complexity index is 851. The van der Waals surface area contributed by atoms with Crippen molar-refractivity contribution in [1.29, 1.82) is 0 Å². The van der Waals surface area contributed by atoms with Gasteiger partial charge in [0.1, 0.15) is 10.7 Å². The van der Waals surface area contributed by atoms with Crippen LogP contribution >= 0.6 is 11.3 Å². The molecule has 0 aliphatic carbocycles. The van der Waals surface area contributed by atoms with Gasteiger partial charge in [0, 0.05) is 45.3 Å². The van der Waals surface area contributed by atoms with Gasteiger partial charge in [-0.1, -0.05) is 19.1 Å². The van der Waals surface area contributed by atoms with E-state index in [4.69, 9.17) is 9.73 Å². The Morgan fingerprint density at radius 2 is 2.17 bits per heavy atom.